The Morgan fingerprint density at radius 1 is 1.09 bits per heavy atom. The van der Waals surface area contributed by atoms with E-state index in [1.165, 1.54) is 0 Å². The summed E-state index contributed by atoms with van der Waals surface area (Å²) in [5, 5.41) is 6.91. The van der Waals surface area contributed by atoms with Gasteiger partial charge in [-0.15, -0.1) is 0 Å². The zero-order chi connectivity index (χ0) is 16.4. The Labute approximate surface area is 127 Å². The molecule has 23 heavy (non-hydrogen) atoms. The van der Waals surface area contributed by atoms with Crippen molar-refractivity contribution in [2.24, 2.45) is 0 Å². The zero-order valence-electron chi connectivity index (χ0n) is 11.5. The van der Waals surface area contributed by atoms with Crippen LogP contribution in [-0.2, 0) is 0 Å². The van der Waals surface area contributed by atoms with Gasteiger partial charge in [0.25, 0.3) is 5.91 Å². The molecule has 0 unspecified atom stereocenters. The van der Waals surface area contributed by atoms with E-state index in [2.05, 4.69) is 9.79 Å². The number of carbonyl (C=O) groups excluding carboxylic acids is 1. The first-order valence-electron chi connectivity index (χ1n) is 6.46. The average molecular weight is 317 g/mol. The van der Waals surface area contributed by atoms with Gasteiger partial charge in [0, 0.05) is 0 Å². The summed E-state index contributed by atoms with van der Waals surface area (Å²) in [6, 6.07) is 10.8. The Balaban J connectivity index is 1.94. The van der Waals surface area contributed by atoms with Crippen LogP contribution in [0.2, 0.25) is 0 Å². The summed E-state index contributed by atoms with van der Waals surface area (Å²) in [4.78, 5) is 23.0. The highest BCUT2D eigenvalue weighted by atomic mass is 19.1. The summed E-state index contributed by atoms with van der Waals surface area (Å²) in [6.07, 6.45) is 0. The summed E-state index contributed by atoms with van der Waals surface area (Å²) >= 11 is 0. The van der Waals surface area contributed by atoms with Gasteiger partial charge in [0.15, 0.2) is 0 Å². The minimum atomic E-state index is -1.08. The molecule has 8 heteroatoms. The molecule has 2 N–H and O–H groups in total. The first kappa shape index (κ1) is 14.6. The molecule has 0 aliphatic rings. The highest BCUT2D eigenvalue weighted by Gasteiger charge is 2.20. The Bertz CT molecular complexity index is 896. The average Bonchev–Trinajstić information content (AvgIpc) is 2.97. The number of anilines is 1. The number of rotatable bonds is 3. The fourth-order valence-electron chi connectivity index (χ4n) is 2.01. The summed E-state index contributed by atoms with van der Waals surface area (Å²) in [7, 11) is 0. The highest BCUT2D eigenvalue weighted by Crippen LogP contribution is 2.27. The topological polar surface area (TPSA) is 88.0 Å². The number of H-pyrrole nitrogens is 1. The summed E-state index contributed by atoms with van der Waals surface area (Å²) in [6.45, 7) is 0. The summed E-state index contributed by atoms with van der Waals surface area (Å²) in [5.41, 5.74) is -1.26. The maximum atomic E-state index is 14.1. The summed E-state index contributed by atoms with van der Waals surface area (Å²) < 4.78 is 32.4. The first-order valence-corrected chi connectivity index (χ1v) is 6.46. The smallest absolute Gasteiger partial charge is 0.313 e. The lowest BCUT2D eigenvalue weighted by Gasteiger charge is -2.09. The van der Waals surface area contributed by atoms with Crippen molar-refractivity contribution in [1.82, 2.24) is 10.3 Å². The molecular formula is C15H9F2N3O3. The van der Waals surface area contributed by atoms with E-state index >= 15 is 0 Å². The lowest BCUT2D eigenvalue weighted by molar-refractivity contribution is 0.101. The third kappa shape index (κ3) is 2.86. The largest absolute Gasteiger partial charge is 0.315 e. The maximum absolute atomic E-state index is 14.1. The van der Waals surface area contributed by atoms with Crippen LogP contribution < -0.4 is 10.9 Å². The second-order valence-electron chi connectivity index (χ2n) is 4.60. The molecule has 0 spiro atoms. The van der Waals surface area contributed by atoms with Gasteiger partial charge >= 0.3 is 5.56 Å². The van der Waals surface area contributed by atoms with E-state index in [-0.39, 0.29) is 0 Å². The van der Waals surface area contributed by atoms with Gasteiger partial charge in [-0.2, -0.15) is 5.16 Å². The highest BCUT2D eigenvalue weighted by molar-refractivity contribution is 6.02. The van der Waals surface area contributed by atoms with Crippen LogP contribution in [0.1, 0.15) is 10.5 Å². The molecule has 1 aromatic heterocycles. The normalized spacial score (nSPS) is 10.5. The van der Waals surface area contributed by atoms with E-state index in [0.717, 1.165) is 12.1 Å². The molecule has 0 aliphatic heterocycles. The molecule has 6 nitrogen and oxygen atoms in total. The number of nitrogens with zero attached hydrogens (tertiary/aromatic N) is 1. The van der Waals surface area contributed by atoms with Gasteiger partial charge < -0.3 is 5.32 Å². The second kappa shape index (κ2) is 5.84. The number of nitrogens with one attached hydrogen (secondary N) is 2. The van der Waals surface area contributed by atoms with Gasteiger partial charge in [0.2, 0.25) is 5.69 Å². The lowest BCUT2D eigenvalue weighted by Crippen LogP contribution is -2.21. The first-order chi connectivity index (χ1) is 11.1. The number of hydrogen-bond acceptors (Lipinski definition) is 4. The van der Waals surface area contributed by atoms with Crippen LogP contribution in [0.3, 0.4) is 0 Å². The van der Waals surface area contributed by atoms with Crippen molar-refractivity contribution in [2.45, 2.75) is 0 Å². The molecule has 0 atom stereocenters. The fraction of sp³-hybridized carbons (Fsp3) is 0. The quantitative estimate of drug-likeness (QED) is 0.777. The van der Waals surface area contributed by atoms with Gasteiger partial charge in [-0.1, -0.05) is 30.3 Å². The predicted octanol–water partition coefficient (Wildman–Crippen LogP) is 2.56. The van der Waals surface area contributed by atoms with Crippen LogP contribution in [0.25, 0.3) is 11.1 Å². The molecular weight excluding hydrogens is 308 g/mol. The number of benzene rings is 2. The fourth-order valence-corrected chi connectivity index (χ4v) is 2.01. The number of hydrogen-bond donors (Lipinski definition) is 2. The van der Waals surface area contributed by atoms with Crippen molar-refractivity contribution in [3.05, 3.63) is 70.1 Å². The van der Waals surface area contributed by atoms with Gasteiger partial charge in [-0.3, -0.25) is 14.2 Å². The molecule has 1 heterocycles. The number of carbonyl (C=O) groups is 1. The molecule has 0 saturated carbocycles. The van der Waals surface area contributed by atoms with Crippen LogP contribution in [0.5, 0.6) is 0 Å². The monoisotopic (exact) mass is 317 g/mol. The van der Waals surface area contributed by atoms with E-state index in [0.29, 0.717) is 11.1 Å². The van der Waals surface area contributed by atoms with E-state index in [1.807, 2.05) is 5.32 Å². The van der Waals surface area contributed by atoms with Crippen molar-refractivity contribution in [3.8, 4) is 11.1 Å². The molecule has 0 radical (unpaired) electrons. The third-order valence-electron chi connectivity index (χ3n) is 3.09. The van der Waals surface area contributed by atoms with Gasteiger partial charge in [0.1, 0.15) is 17.3 Å². The van der Waals surface area contributed by atoms with Crippen molar-refractivity contribution < 1.29 is 18.2 Å². The molecule has 0 aliphatic carbocycles. The number of aromatic nitrogens is 2. The molecule has 3 rings (SSSR count). The van der Waals surface area contributed by atoms with Crippen LogP contribution >= 0.6 is 0 Å². The third-order valence-corrected chi connectivity index (χ3v) is 3.09. The Morgan fingerprint density at radius 3 is 2.30 bits per heavy atom. The van der Waals surface area contributed by atoms with Crippen LogP contribution in [0, 0.1) is 11.6 Å². The molecule has 116 valence electrons. The van der Waals surface area contributed by atoms with Crippen molar-refractivity contribution in [1.29, 1.82) is 0 Å². The minimum absolute atomic E-state index is 0.317. The van der Waals surface area contributed by atoms with E-state index < -0.39 is 34.5 Å². The number of aromatic amines is 1. The minimum Gasteiger partial charge on any atom is -0.315 e. The molecule has 0 bridgehead atoms. The molecule has 2 aromatic carbocycles. The summed E-state index contributed by atoms with van der Waals surface area (Å²) in [5.74, 6) is -3.03. The SMILES string of the molecule is O=C(Nc1c(F)cc(-c2ccccc2)cc1F)c1no[nH]c1=O. The van der Waals surface area contributed by atoms with Crippen LogP contribution in [-0.4, -0.2) is 16.2 Å². The number of amides is 1. The zero-order valence-corrected chi connectivity index (χ0v) is 11.5. The van der Waals surface area contributed by atoms with Gasteiger partial charge in [-0.25, -0.2) is 8.78 Å². The molecule has 3 aromatic rings. The Hall–Kier alpha value is -3.29. The lowest BCUT2D eigenvalue weighted by atomic mass is 10.0. The standard InChI is InChI=1S/C15H9F2N3O3/c16-10-6-9(8-4-2-1-3-5-8)7-11(17)12(10)18-14(21)13-15(22)20-23-19-13/h1-7H,(H,18,21)(H,20,22). The Kier molecular flexibility index (Phi) is 3.71. The van der Waals surface area contributed by atoms with Gasteiger partial charge in [-0.05, 0) is 28.4 Å². The maximum Gasteiger partial charge on any atom is 0.313 e. The number of halogens is 2. The predicted molar refractivity (Wildman–Crippen MR) is 76.9 cm³/mol. The molecule has 1 amide bonds. The molecule has 0 saturated heterocycles. The van der Waals surface area contributed by atoms with E-state index in [9.17, 15) is 18.4 Å². The van der Waals surface area contributed by atoms with Crippen LogP contribution in [0.15, 0.2) is 51.9 Å². The molecule has 0 fully saturated rings. The van der Waals surface area contributed by atoms with E-state index in [1.54, 1.807) is 35.5 Å². The second-order valence-corrected chi connectivity index (χ2v) is 4.60. The van der Waals surface area contributed by atoms with Crippen molar-refractivity contribution >= 4 is 11.6 Å². The van der Waals surface area contributed by atoms with Gasteiger partial charge in [0.05, 0.1) is 0 Å². The van der Waals surface area contributed by atoms with Crippen LogP contribution in [0.4, 0.5) is 14.5 Å². The Morgan fingerprint density at radius 2 is 1.74 bits per heavy atom. The van der Waals surface area contributed by atoms with E-state index in [4.69, 9.17) is 0 Å². The van der Waals surface area contributed by atoms with Crippen molar-refractivity contribution in [3.63, 3.8) is 0 Å². The van der Waals surface area contributed by atoms with Crippen molar-refractivity contribution in [2.75, 3.05) is 5.32 Å².